The van der Waals surface area contributed by atoms with E-state index in [4.69, 9.17) is 10.2 Å². The number of hydrogen-bond donors (Lipinski definition) is 2. The Morgan fingerprint density at radius 2 is 1.05 bits per heavy atom. The summed E-state index contributed by atoms with van der Waals surface area (Å²) in [6, 6.07) is 17.8. The van der Waals surface area contributed by atoms with Crippen molar-refractivity contribution in [1.82, 2.24) is 0 Å². The van der Waals surface area contributed by atoms with Crippen molar-refractivity contribution in [3.63, 3.8) is 0 Å². The lowest BCUT2D eigenvalue weighted by Crippen LogP contribution is -1.73. The molecule has 0 heterocycles. The van der Waals surface area contributed by atoms with Crippen LogP contribution in [0.1, 0.15) is 38.1 Å². The van der Waals surface area contributed by atoms with Crippen molar-refractivity contribution in [3.8, 4) is 5.75 Å². The molecule has 3 nitrogen and oxygen atoms in total. The highest BCUT2D eigenvalue weighted by atomic mass is 16.3. The van der Waals surface area contributed by atoms with Gasteiger partial charge in [0, 0.05) is 12.7 Å². The molecule has 0 fully saturated rings. The van der Waals surface area contributed by atoms with Crippen molar-refractivity contribution in [2.45, 2.75) is 27.7 Å². The van der Waals surface area contributed by atoms with Gasteiger partial charge < -0.3 is 10.2 Å². The second kappa shape index (κ2) is 23.0. The summed E-state index contributed by atoms with van der Waals surface area (Å²) in [6.45, 7) is 8.00. The Balaban J connectivity index is -0.000000229. The van der Waals surface area contributed by atoms with Crippen molar-refractivity contribution in [2.75, 3.05) is 7.11 Å². The average Bonchev–Trinajstić information content (AvgIpc) is 2.62. The van der Waals surface area contributed by atoms with Gasteiger partial charge in [-0.1, -0.05) is 76.2 Å². The van der Waals surface area contributed by atoms with Gasteiger partial charge in [-0.15, -0.1) is 0 Å². The van der Waals surface area contributed by atoms with Gasteiger partial charge in [0.25, 0.3) is 0 Å². The van der Waals surface area contributed by atoms with Gasteiger partial charge >= 0.3 is 0 Å². The first-order valence-corrected chi connectivity index (χ1v) is 7.02. The van der Waals surface area contributed by atoms with Crippen molar-refractivity contribution in [3.05, 3.63) is 66.2 Å². The average molecular weight is 292 g/mol. The molecule has 2 aromatic carbocycles. The Hall–Kier alpha value is -2.13. The fourth-order valence-electron chi connectivity index (χ4n) is 0.960. The SMILES string of the molecule is CC.CC.CO.O=Cc1ccccc1.Oc1ccccc1. The number of hydrogen-bond acceptors (Lipinski definition) is 3. The summed E-state index contributed by atoms with van der Waals surface area (Å²) < 4.78 is 0. The minimum Gasteiger partial charge on any atom is -0.508 e. The monoisotopic (exact) mass is 292 g/mol. The minimum atomic E-state index is 0.322. The Morgan fingerprint density at radius 3 is 1.24 bits per heavy atom. The number of aliphatic hydroxyl groups excluding tert-OH is 1. The van der Waals surface area contributed by atoms with E-state index >= 15 is 0 Å². The predicted molar refractivity (Wildman–Crippen MR) is 90.8 cm³/mol. The third-order valence-electron chi connectivity index (χ3n) is 1.69. The molecule has 0 saturated heterocycles. The lowest BCUT2D eigenvalue weighted by Gasteiger charge is -1.82. The van der Waals surface area contributed by atoms with E-state index < -0.39 is 0 Å². The molecule has 0 radical (unpaired) electrons. The van der Waals surface area contributed by atoms with Crippen molar-refractivity contribution < 1.29 is 15.0 Å². The molecule has 0 aromatic heterocycles. The highest BCUT2D eigenvalue weighted by Gasteiger charge is 1.80. The molecule has 118 valence electrons. The number of aromatic hydroxyl groups is 1. The molecule has 0 aliphatic heterocycles. The quantitative estimate of drug-likeness (QED) is 0.758. The molecule has 0 bridgehead atoms. The molecule has 0 aliphatic carbocycles. The number of rotatable bonds is 1. The number of carbonyl (C=O) groups excluding carboxylic acids is 1. The van der Waals surface area contributed by atoms with Gasteiger partial charge in [-0.25, -0.2) is 0 Å². The fourth-order valence-corrected chi connectivity index (χ4v) is 0.960. The first kappa shape index (κ1) is 23.9. The summed E-state index contributed by atoms with van der Waals surface area (Å²) in [5.41, 5.74) is 0.729. The van der Waals surface area contributed by atoms with Crippen LogP contribution in [0.4, 0.5) is 0 Å². The number of para-hydroxylation sites is 1. The standard InChI is InChI=1S/C7H6O.C6H6O.2C2H6.CH4O/c8-6-7-4-2-1-3-5-7;7-6-4-2-1-3-5-6;3*1-2/h1-6H;1-5,7H;2*1-2H3;2H,1H3. The van der Waals surface area contributed by atoms with Crippen LogP contribution in [-0.4, -0.2) is 23.6 Å². The second-order valence-corrected chi connectivity index (χ2v) is 2.86. The van der Waals surface area contributed by atoms with Crippen LogP contribution in [0.3, 0.4) is 0 Å². The van der Waals surface area contributed by atoms with E-state index in [1.165, 1.54) is 0 Å². The molecule has 2 aromatic rings. The summed E-state index contributed by atoms with van der Waals surface area (Å²) in [6.07, 6.45) is 0.833. The molecular weight excluding hydrogens is 264 g/mol. The summed E-state index contributed by atoms with van der Waals surface area (Å²) in [4.78, 5) is 10.0. The van der Waals surface area contributed by atoms with Crippen LogP contribution in [-0.2, 0) is 0 Å². The zero-order valence-electron chi connectivity index (χ0n) is 13.7. The Morgan fingerprint density at radius 1 is 0.714 bits per heavy atom. The largest absolute Gasteiger partial charge is 0.508 e. The molecule has 0 amide bonds. The molecule has 0 aliphatic rings. The Labute approximate surface area is 128 Å². The van der Waals surface area contributed by atoms with Crippen LogP contribution in [0.25, 0.3) is 0 Å². The van der Waals surface area contributed by atoms with Gasteiger partial charge in [-0.3, -0.25) is 4.79 Å². The van der Waals surface area contributed by atoms with Gasteiger partial charge in [0.2, 0.25) is 0 Å². The molecule has 2 N–H and O–H groups in total. The maximum absolute atomic E-state index is 10.0. The first-order chi connectivity index (χ1) is 10.3. The van der Waals surface area contributed by atoms with Gasteiger partial charge in [0.1, 0.15) is 12.0 Å². The maximum Gasteiger partial charge on any atom is 0.150 e. The van der Waals surface area contributed by atoms with Crippen LogP contribution in [0.15, 0.2) is 60.7 Å². The fraction of sp³-hybridized carbons (Fsp3) is 0.278. The molecule has 2 rings (SSSR count). The zero-order valence-corrected chi connectivity index (χ0v) is 13.7. The molecule has 3 heteroatoms. The van der Waals surface area contributed by atoms with Crippen LogP contribution in [0, 0.1) is 0 Å². The molecule has 0 saturated carbocycles. The van der Waals surface area contributed by atoms with Crippen molar-refractivity contribution in [2.24, 2.45) is 0 Å². The summed E-state index contributed by atoms with van der Waals surface area (Å²) in [5.74, 6) is 0.322. The topological polar surface area (TPSA) is 57.5 Å². The lowest BCUT2D eigenvalue weighted by atomic mass is 10.2. The highest BCUT2D eigenvalue weighted by Crippen LogP contribution is 2.02. The summed E-state index contributed by atoms with van der Waals surface area (Å²) in [5, 5.41) is 15.6. The van der Waals surface area contributed by atoms with E-state index in [0.717, 1.165) is 19.0 Å². The van der Waals surface area contributed by atoms with E-state index in [1.54, 1.807) is 36.4 Å². The van der Waals surface area contributed by atoms with Gasteiger partial charge in [-0.2, -0.15) is 0 Å². The zero-order chi connectivity index (χ0) is 16.9. The number of benzene rings is 2. The van der Waals surface area contributed by atoms with Gasteiger partial charge in [-0.05, 0) is 12.1 Å². The molecule has 0 atom stereocenters. The Bertz CT molecular complexity index is 386. The van der Waals surface area contributed by atoms with E-state index in [1.807, 2.05) is 52.0 Å². The van der Waals surface area contributed by atoms with Crippen LogP contribution in [0.2, 0.25) is 0 Å². The normalized spacial score (nSPS) is 6.95. The van der Waals surface area contributed by atoms with Crippen LogP contribution in [0.5, 0.6) is 5.75 Å². The van der Waals surface area contributed by atoms with E-state index in [2.05, 4.69) is 0 Å². The molecule has 0 unspecified atom stereocenters. The molecule has 21 heavy (non-hydrogen) atoms. The van der Waals surface area contributed by atoms with Crippen LogP contribution < -0.4 is 0 Å². The summed E-state index contributed by atoms with van der Waals surface area (Å²) in [7, 11) is 1.00. The third-order valence-corrected chi connectivity index (χ3v) is 1.69. The Kier molecular flexibility index (Phi) is 26.2. The second-order valence-electron chi connectivity index (χ2n) is 2.86. The number of carbonyl (C=O) groups is 1. The van der Waals surface area contributed by atoms with Gasteiger partial charge in [0.15, 0.2) is 0 Å². The van der Waals surface area contributed by atoms with E-state index in [-0.39, 0.29) is 0 Å². The van der Waals surface area contributed by atoms with E-state index in [9.17, 15) is 4.79 Å². The highest BCUT2D eigenvalue weighted by molar-refractivity contribution is 5.74. The number of phenols is 1. The minimum absolute atomic E-state index is 0.322. The number of phenolic OH excluding ortho intramolecular Hbond substituents is 1. The molecular formula is C18H28O3. The lowest BCUT2D eigenvalue weighted by molar-refractivity contribution is 0.112. The van der Waals surface area contributed by atoms with Crippen LogP contribution >= 0.6 is 0 Å². The predicted octanol–water partition coefficient (Wildman–Crippen LogP) is 4.55. The number of aldehydes is 1. The molecule has 0 spiro atoms. The maximum atomic E-state index is 10.0. The van der Waals surface area contributed by atoms with Gasteiger partial charge in [0.05, 0.1) is 0 Å². The summed E-state index contributed by atoms with van der Waals surface area (Å²) >= 11 is 0. The van der Waals surface area contributed by atoms with E-state index in [0.29, 0.717) is 5.75 Å². The van der Waals surface area contributed by atoms with Crippen molar-refractivity contribution in [1.29, 1.82) is 0 Å². The first-order valence-electron chi connectivity index (χ1n) is 7.02. The third kappa shape index (κ3) is 17.9. The van der Waals surface area contributed by atoms with Crippen molar-refractivity contribution >= 4 is 6.29 Å². The smallest absolute Gasteiger partial charge is 0.150 e. The number of aliphatic hydroxyl groups is 1.